The van der Waals surface area contributed by atoms with Crippen molar-refractivity contribution in [1.82, 2.24) is 4.98 Å². The van der Waals surface area contributed by atoms with Crippen LogP contribution in [0.5, 0.6) is 0 Å². The lowest BCUT2D eigenvalue weighted by Crippen LogP contribution is -2.27. The number of carbonyl (C=O) groups excluding carboxylic acids is 1. The van der Waals surface area contributed by atoms with Gasteiger partial charge in [0.1, 0.15) is 10.9 Å². The molecule has 1 aliphatic rings. The minimum Gasteiger partial charge on any atom is -0.302 e. The lowest BCUT2D eigenvalue weighted by molar-refractivity contribution is -0.122. The van der Waals surface area contributed by atoms with E-state index in [1.165, 1.54) is 17.5 Å². The van der Waals surface area contributed by atoms with E-state index in [0.29, 0.717) is 10.0 Å². The minimum absolute atomic E-state index is 0.0371. The first-order valence-electron chi connectivity index (χ1n) is 4.46. The van der Waals surface area contributed by atoms with Gasteiger partial charge >= 0.3 is 0 Å². The van der Waals surface area contributed by atoms with Gasteiger partial charge < -0.3 is 5.32 Å². The van der Waals surface area contributed by atoms with Gasteiger partial charge in [0.2, 0.25) is 5.91 Å². The first kappa shape index (κ1) is 9.16. The third-order valence-electron chi connectivity index (χ3n) is 2.32. The summed E-state index contributed by atoms with van der Waals surface area (Å²) < 4.78 is 0. The van der Waals surface area contributed by atoms with Crippen LogP contribution in [0.4, 0.5) is 5.13 Å². The van der Waals surface area contributed by atoms with E-state index in [9.17, 15) is 4.79 Å². The molecule has 14 heavy (non-hydrogen) atoms. The quantitative estimate of drug-likeness (QED) is 0.803. The zero-order valence-corrected chi connectivity index (χ0v) is 8.30. The summed E-state index contributed by atoms with van der Waals surface area (Å²) in [7, 11) is 0. The van der Waals surface area contributed by atoms with Crippen LogP contribution in [-0.2, 0) is 4.79 Å². The van der Waals surface area contributed by atoms with Crippen LogP contribution in [0.2, 0.25) is 0 Å². The summed E-state index contributed by atoms with van der Waals surface area (Å²) in [6.07, 6.45) is 4.56. The van der Waals surface area contributed by atoms with Crippen LogP contribution in [-0.4, -0.2) is 10.9 Å². The zero-order valence-electron chi connectivity index (χ0n) is 7.49. The molecule has 1 aliphatic carbocycles. The van der Waals surface area contributed by atoms with Gasteiger partial charge in [0.05, 0.1) is 6.20 Å². The standard InChI is InChI=1S/C9H9N3OS/c10-4-7-5-11-9(14-7)12-8(13)6-2-1-3-6/h5-6H,1-3H2,(H,11,12,13). The van der Waals surface area contributed by atoms with Gasteiger partial charge in [-0.05, 0) is 12.8 Å². The van der Waals surface area contributed by atoms with Crippen molar-refractivity contribution < 1.29 is 4.79 Å². The summed E-state index contributed by atoms with van der Waals surface area (Å²) in [6, 6.07) is 1.98. The van der Waals surface area contributed by atoms with Gasteiger partial charge in [0.25, 0.3) is 0 Å². The van der Waals surface area contributed by atoms with E-state index in [1.54, 1.807) is 0 Å². The maximum absolute atomic E-state index is 11.5. The van der Waals surface area contributed by atoms with Gasteiger partial charge in [-0.2, -0.15) is 5.26 Å². The van der Waals surface area contributed by atoms with E-state index in [2.05, 4.69) is 10.3 Å². The molecule has 1 saturated carbocycles. The van der Waals surface area contributed by atoms with Crippen molar-refractivity contribution in [2.75, 3.05) is 5.32 Å². The van der Waals surface area contributed by atoms with Crippen molar-refractivity contribution >= 4 is 22.4 Å². The smallest absolute Gasteiger partial charge is 0.229 e. The van der Waals surface area contributed by atoms with E-state index in [0.717, 1.165) is 19.3 Å². The summed E-state index contributed by atoms with van der Waals surface area (Å²) in [5.41, 5.74) is 0. The Balaban J connectivity index is 1.96. The van der Waals surface area contributed by atoms with Crippen molar-refractivity contribution in [2.24, 2.45) is 5.92 Å². The largest absolute Gasteiger partial charge is 0.302 e. The molecule has 1 amide bonds. The monoisotopic (exact) mass is 207 g/mol. The Labute approximate surface area is 85.6 Å². The molecule has 0 saturated heterocycles. The van der Waals surface area contributed by atoms with E-state index in [1.807, 2.05) is 6.07 Å². The number of nitrogens with one attached hydrogen (secondary N) is 1. The third-order valence-corrected chi connectivity index (χ3v) is 3.14. The lowest BCUT2D eigenvalue weighted by atomic mass is 9.85. The van der Waals surface area contributed by atoms with Crippen LogP contribution in [0.25, 0.3) is 0 Å². The van der Waals surface area contributed by atoms with Crippen molar-refractivity contribution in [3.8, 4) is 6.07 Å². The molecule has 1 aromatic heterocycles. The second kappa shape index (κ2) is 3.76. The van der Waals surface area contributed by atoms with Crippen LogP contribution in [0.1, 0.15) is 24.1 Å². The first-order valence-corrected chi connectivity index (χ1v) is 5.28. The number of carbonyl (C=O) groups is 1. The van der Waals surface area contributed by atoms with Crippen molar-refractivity contribution in [3.63, 3.8) is 0 Å². The minimum atomic E-state index is 0.0371. The molecular weight excluding hydrogens is 198 g/mol. The van der Waals surface area contributed by atoms with Gasteiger partial charge in [-0.15, -0.1) is 0 Å². The Morgan fingerprint density at radius 3 is 3.00 bits per heavy atom. The molecule has 1 heterocycles. The molecule has 1 fully saturated rings. The molecule has 1 aromatic rings. The van der Waals surface area contributed by atoms with Crippen LogP contribution < -0.4 is 5.32 Å². The molecule has 2 rings (SSSR count). The average molecular weight is 207 g/mol. The number of aromatic nitrogens is 1. The Morgan fingerprint density at radius 1 is 1.71 bits per heavy atom. The molecule has 1 N–H and O–H groups in total. The van der Waals surface area contributed by atoms with Gasteiger partial charge in [0, 0.05) is 5.92 Å². The van der Waals surface area contributed by atoms with Gasteiger partial charge in [-0.25, -0.2) is 4.98 Å². The highest BCUT2D eigenvalue weighted by Gasteiger charge is 2.25. The number of nitrogens with zero attached hydrogens (tertiary/aromatic N) is 2. The van der Waals surface area contributed by atoms with Crippen molar-refractivity contribution in [3.05, 3.63) is 11.1 Å². The van der Waals surface area contributed by atoms with E-state index in [-0.39, 0.29) is 11.8 Å². The summed E-state index contributed by atoms with van der Waals surface area (Å²) in [5, 5.41) is 11.8. The molecule has 0 bridgehead atoms. The summed E-state index contributed by atoms with van der Waals surface area (Å²) >= 11 is 1.21. The topological polar surface area (TPSA) is 65.8 Å². The van der Waals surface area contributed by atoms with Gasteiger partial charge in [-0.1, -0.05) is 17.8 Å². The molecule has 0 spiro atoms. The fraction of sp³-hybridized carbons (Fsp3) is 0.444. The number of thiazole rings is 1. The second-order valence-corrected chi connectivity index (χ2v) is 4.29. The second-order valence-electron chi connectivity index (χ2n) is 3.26. The highest BCUT2D eigenvalue weighted by molar-refractivity contribution is 7.16. The molecular formula is C9H9N3OS. The average Bonchev–Trinajstić information content (AvgIpc) is 2.48. The highest BCUT2D eigenvalue weighted by atomic mass is 32.1. The predicted octanol–water partition coefficient (Wildman–Crippen LogP) is 1.75. The van der Waals surface area contributed by atoms with E-state index < -0.39 is 0 Å². The molecule has 0 radical (unpaired) electrons. The zero-order chi connectivity index (χ0) is 9.97. The fourth-order valence-corrected chi connectivity index (χ4v) is 1.88. The first-order chi connectivity index (χ1) is 6.79. The Kier molecular flexibility index (Phi) is 2.46. The summed E-state index contributed by atoms with van der Waals surface area (Å²) in [4.78, 5) is 15.9. The molecule has 72 valence electrons. The number of hydrogen-bond acceptors (Lipinski definition) is 4. The molecule has 0 atom stereocenters. The normalized spacial score (nSPS) is 15.6. The molecule has 0 aliphatic heterocycles. The maximum Gasteiger partial charge on any atom is 0.229 e. The predicted molar refractivity (Wildman–Crippen MR) is 52.8 cm³/mol. The van der Waals surface area contributed by atoms with Gasteiger partial charge in [0.15, 0.2) is 5.13 Å². The van der Waals surface area contributed by atoms with Crippen LogP contribution >= 0.6 is 11.3 Å². The van der Waals surface area contributed by atoms with Crippen LogP contribution in [0, 0.1) is 17.2 Å². The maximum atomic E-state index is 11.5. The van der Waals surface area contributed by atoms with Crippen molar-refractivity contribution in [2.45, 2.75) is 19.3 Å². The fourth-order valence-electron chi connectivity index (χ4n) is 1.26. The summed E-state index contributed by atoms with van der Waals surface area (Å²) in [6.45, 7) is 0. The number of nitriles is 1. The molecule has 4 nitrogen and oxygen atoms in total. The lowest BCUT2D eigenvalue weighted by Gasteiger charge is -2.23. The Hall–Kier alpha value is -1.41. The Morgan fingerprint density at radius 2 is 2.50 bits per heavy atom. The number of anilines is 1. The van der Waals surface area contributed by atoms with Crippen molar-refractivity contribution in [1.29, 1.82) is 5.26 Å². The third kappa shape index (κ3) is 1.75. The number of hydrogen-bond donors (Lipinski definition) is 1. The number of rotatable bonds is 2. The summed E-state index contributed by atoms with van der Waals surface area (Å²) in [5.74, 6) is 0.194. The van der Waals surface area contributed by atoms with Crippen LogP contribution in [0.3, 0.4) is 0 Å². The van der Waals surface area contributed by atoms with E-state index >= 15 is 0 Å². The Bertz CT molecular complexity index is 389. The van der Waals surface area contributed by atoms with Gasteiger partial charge in [-0.3, -0.25) is 4.79 Å². The molecule has 0 aromatic carbocycles. The molecule has 0 unspecified atom stereocenters. The SMILES string of the molecule is N#Cc1cnc(NC(=O)C2CCC2)s1. The van der Waals surface area contributed by atoms with Crippen LogP contribution in [0.15, 0.2) is 6.20 Å². The van der Waals surface area contributed by atoms with E-state index in [4.69, 9.17) is 5.26 Å². The highest BCUT2D eigenvalue weighted by Crippen LogP contribution is 2.28. The molecule has 5 heteroatoms. The number of amides is 1.